The molecule has 0 aliphatic rings. The van der Waals surface area contributed by atoms with E-state index in [9.17, 15) is 4.79 Å². The number of hydrogen-bond donors (Lipinski definition) is 1. The molecular weight excluding hydrogens is 208 g/mol. The normalized spacial score (nSPS) is 11.9. The van der Waals surface area contributed by atoms with Crippen molar-refractivity contribution in [3.8, 4) is 11.5 Å². The fourth-order valence-electron chi connectivity index (χ4n) is 1.09. The highest BCUT2D eigenvalue weighted by Gasteiger charge is 2.11. The van der Waals surface area contributed by atoms with E-state index in [1.165, 1.54) is 6.92 Å². The lowest BCUT2D eigenvalue weighted by atomic mass is 10.3. The molecule has 0 fully saturated rings. The molecule has 0 aliphatic heterocycles. The van der Waals surface area contributed by atoms with Crippen molar-refractivity contribution in [2.45, 2.75) is 26.4 Å². The monoisotopic (exact) mass is 224 g/mol. The molecule has 1 rings (SSSR count). The van der Waals surface area contributed by atoms with Crippen LogP contribution in [0.3, 0.4) is 0 Å². The molecule has 0 radical (unpaired) electrons. The van der Waals surface area contributed by atoms with Crippen molar-refractivity contribution in [1.82, 2.24) is 0 Å². The Morgan fingerprint density at radius 1 is 1.31 bits per heavy atom. The Morgan fingerprint density at radius 2 is 1.88 bits per heavy atom. The number of carboxylic acid groups (broad SMARTS) is 1. The first-order valence-corrected chi connectivity index (χ1v) is 5.25. The van der Waals surface area contributed by atoms with Gasteiger partial charge in [0.25, 0.3) is 0 Å². The third-order valence-corrected chi connectivity index (χ3v) is 1.96. The summed E-state index contributed by atoms with van der Waals surface area (Å²) in [7, 11) is 0. The van der Waals surface area contributed by atoms with Crippen molar-refractivity contribution in [2.75, 3.05) is 6.61 Å². The molecule has 0 bridgehead atoms. The molecule has 1 aromatic rings. The van der Waals surface area contributed by atoms with E-state index in [1.807, 2.05) is 6.92 Å². The summed E-state index contributed by atoms with van der Waals surface area (Å²) in [6.45, 7) is 4.20. The summed E-state index contributed by atoms with van der Waals surface area (Å²) in [6, 6.07) is 6.92. The van der Waals surface area contributed by atoms with Gasteiger partial charge in [0.2, 0.25) is 0 Å². The van der Waals surface area contributed by atoms with Crippen molar-refractivity contribution >= 4 is 5.97 Å². The van der Waals surface area contributed by atoms with Gasteiger partial charge >= 0.3 is 5.97 Å². The third-order valence-electron chi connectivity index (χ3n) is 1.96. The molecule has 0 amide bonds. The number of carbonyl (C=O) groups is 1. The van der Waals surface area contributed by atoms with Gasteiger partial charge in [-0.3, -0.25) is 0 Å². The predicted molar refractivity (Wildman–Crippen MR) is 60.0 cm³/mol. The zero-order valence-electron chi connectivity index (χ0n) is 9.47. The topological polar surface area (TPSA) is 55.8 Å². The molecular formula is C12H16O4. The van der Waals surface area contributed by atoms with Crippen LogP contribution in [-0.2, 0) is 4.79 Å². The second-order valence-corrected chi connectivity index (χ2v) is 3.42. The largest absolute Gasteiger partial charge is 0.494 e. The van der Waals surface area contributed by atoms with Gasteiger partial charge in [0, 0.05) is 0 Å². The van der Waals surface area contributed by atoms with Gasteiger partial charge in [-0.1, -0.05) is 6.92 Å². The molecule has 0 saturated heterocycles. The molecule has 0 aromatic heterocycles. The van der Waals surface area contributed by atoms with Gasteiger partial charge in [-0.15, -0.1) is 0 Å². The standard InChI is InChI=1S/C12H16O4/c1-3-8-15-10-4-6-11(7-5-10)16-9(2)12(13)14/h4-7,9H,3,8H2,1-2H3,(H,13,14). The van der Waals surface area contributed by atoms with Crippen LogP contribution in [0, 0.1) is 0 Å². The average Bonchev–Trinajstić information content (AvgIpc) is 2.28. The Hall–Kier alpha value is -1.71. The minimum absolute atomic E-state index is 0.527. The molecule has 1 N–H and O–H groups in total. The van der Waals surface area contributed by atoms with Gasteiger partial charge in [-0.2, -0.15) is 0 Å². The van der Waals surface area contributed by atoms with Crippen LogP contribution in [0.4, 0.5) is 0 Å². The highest BCUT2D eigenvalue weighted by atomic mass is 16.5. The van der Waals surface area contributed by atoms with Crippen LogP contribution in [0.1, 0.15) is 20.3 Å². The maximum absolute atomic E-state index is 10.6. The second kappa shape index (κ2) is 6.00. The molecule has 4 heteroatoms. The summed E-state index contributed by atoms with van der Waals surface area (Å²) < 4.78 is 10.6. The Bertz CT molecular complexity index is 331. The molecule has 1 aromatic carbocycles. The average molecular weight is 224 g/mol. The zero-order chi connectivity index (χ0) is 12.0. The van der Waals surface area contributed by atoms with E-state index in [0.29, 0.717) is 12.4 Å². The van der Waals surface area contributed by atoms with Gasteiger partial charge in [-0.25, -0.2) is 4.79 Å². The first-order chi connectivity index (χ1) is 7.63. The third kappa shape index (κ3) is 3.81. The number of rotatable bonds is 6. The van der Waals surface area contributed by atoms with Crippen molar-refractivity contribution in [2.24, 2.45) is 0 Å². The molecule has 4 nitrogen and oxygen atoms in total. The van der Waals surface area contributed by atoms with E-state index in [-0.39, 0.29) is 0 Å². The summed E-state index contributed by atoms with van der Waals surface area (Å²) >= 11 is 0. The van der Waals surface area contributed by atoms with Crippen LogP contribution in [0.25, 0.3) is 0 Å². The Labute approximate surface area is 94.8 Å². The predicted octanol–water partition coefficient (Wildman–Crippen LogP) is 2.33. The highest BCUT2D eigenvalue weighted by Crippen LogP contribution is 2.18. The highest BCUT2D eigenvalue weighted by molar-refractivity contribution is 5.72. The van der Waals surface area contributed by atoms with Crippen LogP contribution in [0.2, 0.25) is 0 Å². The molecule has 0 heterocycles. The van der Waals surface area contributed by atoms with Crippen LogP contribution < -0.4 is 9.47 Å². The maximum Gasteiger partial charge on any atom is 0.344 e. The summed E-state index contributed by atoms with van der Waals surface area (Å²) in [4.78, 5) is 10.6. The molecule has 1 atom stereocenters. The van der Waals surface area contributed by atoms with E-state index < -0.39 is 12.1 Å². The van der Waals surface area contributed by atoms with Crippen molar-refractivity contribution in [1.29, 1.82) is 0 Å². The van der Waals surface area contributed by atoms with Gasteiger partial charge in [0.05, 0.1) is 6.61 Å². The van der Waals surface area contributed by atoms with Crippen LogP contribution >= 0.6 is 0 Å². The number of benzene rings is 1. The fourth-order valence-corrected chi connectivity index (χ4v) is 1.09. The Morgan fingerprint density at radius 3 is 2.38 bits per heavy atom. The lowest BCUT2D eigenvalue weighted by Gasteiger charge is -2.11. The van der Waals surface area contributed by atoms with E-state index in [1.54, 1.807) is 24.3 Å². The summed E-state index contributed by atoms with van der Waals surface area (Å²) in [5.74, 6) is 0.308. The lowest BCUT2D eigenvalue weighted by molar-refractivity contribution is -0.144. The Kier molecular flexibility index (Phi) is 4.64. The SMILES string of the molecule is CCCOc1ccc(OC(C)C(=O)O)cc1. The van der Waals surface area contributed by atoms with Crippen molar-refractivity contribution in [3.63, 3.8) is 0 Å². The van der Waals surface area contributed by atoms with Gasteiger partial charge < -0.3 is 14.6 Å². The molecule has 0 aliphatic carbocycles. The number of ether oxygens (including phenoxy) is 2. The lowest BCUT2D eigenvalue weighted by Crippen LogP contribution is -2.22. The van der Waals surface area contributed by atoms with E-state index in [4.69, 9.17) is 14.6 Å². The van der Waals surface area contributed by atoms with Crippen LogP contribution in [0.15, 0.2) is 24.3 Å². The maximum atomic E-state index is 10.6. The van der Waals surface area contributed by atoms with E-state index >= 15 is 0 Å². The number of carboxylic acids is 1. The first kappa shape index (κ1) is 12.4. The molecule has 1 unspecified atom stereocenters. The molecule has 16 heavy (non-hydrogen) atoms. The van der Waals surface area contributed by atoms with E-state index in [2.05, 4.69) is 0 Å². The first-order valence-electron chi connectivity index (χ1n) is 5.25. The zero-order valence-corrected chi connectivity index (χ0v) is 9.47. The molecule has 0 spiro atoms. The number of aliphatic carboxylic acids is 1. The van der Waals surface area contributed by atoms with Crippen molar-refractivity contribution < 1.29 is 19.4 Å². The van der Waals surface area contributed by atoms with Gasteiger partial charge in [0.1, 0.15) is 11.5 Å². The number of hydrogen-bond acceptors (Lipinski definition) is 3. The Balaban J connectivity index is 2.54. The van der Waals surface area contributed by atoms with Gasteiger partial charge in [0.15, 0.2) is 6.10 Å². The van der Waals surface area contributed by atoms with E-state index in [0.717, 1.165) is 12.2 Å². The molecule has 88 valence electrons. The van der Waals surface area contributed by atoms with Crippen molar-refractivity contribution in [3.05, 3.63) is 24.3 Å². The quantitative estimate of drug-likeness (QED) is 0.805. The summed E-state index contributed by atoms with van der Waals surface area (Å²) in [5.41, 5.74) is 0. The minimum Gasteiger partial charge on any atom is -0.494 e. The fraction of sp³-hybridized carbons (Fsp3) is 0.417. The molecule has 0 saturated carbocycles. The smallest absolute Gasteiger partial charge is 0.344 e. The van der Waals surface area contributed by atoms with Crippen LogP contribution in [-0.4, -0.2) is 23.8 Å². The van der Waals surface area contributed by atoms with Gasteiger partial charge in [-0.05, 0) is 37.6 Å². The minimum atomic E-state index is -0.980. The summed E-state index contributed by atoms with van der Waals surface area (Å²) in [5, 5.41) is 8.66. The van der Waals surface area contributed by atoms with Crippen LogP contribution in [0.5, 0.6) is 11.5 Å². The second-order valence-electron chi connectivity index (χ2n) is 3.42. The summed E-state index contributed by atoms with van der Waals surface area (Å²) in [6.07, 6.45) is 0.108.